The van der Waals surface area contributed by atoms with Gasteiger partial charge >= 0.3 is 11.8 Å². The molecule has 12 heavy (non-hydrogen) atoms. The minimum Gasteiger partial charge on any atom is -0.396 e. The van der Waals surface area contributed by atoms with E-state index in [4.69, 9.17) is 5.11 Å². The average Bonchev–Trinajstić information content (AvgIpc) is 2.03. The largest absolute Gasteiger partial charge is 0.396 e. The second kappa shape index (κ2) is 4.07. The second-order valence-corrected chi connectivity index (χ2v) is 2.63. The van der Waals surface area contributed by atoms with E-state index in [1.807, 2.05) is 6.92 Å². The molecule has 0 aliphatic heterocycles. The number of hydrogen-bond donors (Lipinski definition) is 1. The van der Waals surface area contributed by atoms with Crippen molar-refractivity contribution >= 4 is 0 Å². The van der Waals surface area contributed by atoms with Crippen molar-refractivity contribution in [2.45, 2.75) is 38.0 Å². The second-order valence-electron chi connectivity index (χ2n) is 2.63. The SMILES string of the molecule is CCCO.FC1(F)CCC1(F)F. The summed E-state index contributed by atoms with van der Waals surface area (Å²) in [6.45, 7) is 2.25. The van der Waals surface area contributed by atoms with Gasteiger partial charge in [-0.05, 0) is 6.42 Å². The third-order valence-electron chi connectivity index (χ3n) is 1.51. The summed E-state index contributed by atoms with van der Waals surface area (Å²) in [6.07, 6.45) is -0.458. The molecular formula is C7H12F4O. The molecule has 0 bridgehead atoms. The number of aliphatic hydroxyl groups excluding tert-OH is 1. The van der Waals surface area contributed by atoms with Crippen molar-refractivity contribution in [3.8, 4) is 0 Å². The van der Waals surface area contributed by atoms with Gasteiger partial charge in [-0.25, -0.2) is 0 Å². The van der Waals surface area contributed by atoms with Gasteiger partial charge in [-0.3, -0.25) is 0 Å². The van der Waals surface area contributed by atoms with E-state index in [0.29, 0.717) is 6.61 Å². The van der Waals surface area contributed by atoms with E-state index in [-0.39, 0.29) is 0 Å². The Labute approximate surface area is 68.4 Å². The van der Waals surface area contributed by atoms with Crippen molar-refractivity contribution in [1.82, 2.24) is 0 Å². The first-order chi connectivity index (χ1) is 5.37. The summed E-state index contributed by atoms with van der Waals surface area (Å²) in [4.78, 5) is 0. The van der Waals surface area contributed by atoms with Crippen molar-refractivity contribution in [3.63, 3.8) is 0 Å². The van der Waals surface area contributed by atoms with Gasteiger partial charge in [0, 0.05) is 19.4 Å². The summed E-state index contributed by atoms with van der Waals surface area (Å²) in [5.41, 5.74) is 0. The van der Waals surface area contributed by atoms with Crippen molar-refractivity contribution in [2.75, 3.05) is 6.61 Å². The van der Waals surface area contributed by atoms with E-state index in [2.05, 4.69) is 0 Å². The van der Waals surface area contributed by atoms with Gasteiger partial charge in [0.2, 0.25) is 0 Å². The number of alkyl halides is 4. The molecule has 5 heteroatoms. The molecule has 1 aliphatic rings. The smallest absolute Gasteiger partial charge is 0.310 e. The molecule has 0 amide bonds. The van der Waals surface area contributed by atoms with Crippen LogP contribution in [0.5, 0.6) is 0 Å². The third kappa shape index (κ3) is 2.62. The van der Waals surface area contributed by atoms with E-state index >= 15 is 0 Å². The van der Waals surface area contributed by atoms with Crippen LogP contribution in [0.2, 0.25) is 0 Å². The number of hydrogen-bond acceptors (Lipinski definition) is 1. The third-order valence-corrected chi connectivity index (χ3v) is 1.51. The van der Waals surface area contributed by atoms with Crippen molar-refractivity contribution in [3.05, 3.63) is 0 Å². The molecule has 0 aromatic rings. The van der Waals surface area contributed by atoms with Gasteiger partial charge in [-0.15, -0.1) is 0 Å². The highest BCUT2D eigenvalue weighted by Crippen LogP contribution is 2.50. The molecule has 74 valence electrons. The van der Waals surface area contributed by atoms with E-state index < -0.39 is 24.7 Å². The molecule has 1 fully saturated rings. The van der Waals surface area contributed by atoms with Crippen LogP contribution < -0.4 is 0 Å². The molecule has 0 spiro atoms. The van der Waals surface area contributed by atoms with E-state index in [1.165, 1.54) is 0 Å². The summed E-state index contributed by atoms with van der Waals surface area (Å²) in [6, 6.07) is 0. The molecule has 1 rings (SSSR count). The Kier molecular flexibility index (Phi) is 3.96. The highest BCUT2D eigenvalue weighted by atomic mass is 19.3. The zero-order valence-electron chi connectivity index (χ0n) is 6.79. The van der Waals surface area contributed by atoms with Crippen LogP contribution in [0.4, 0.5) is 17.6 Å². The highest BCUT2D eigenvalue weighted by Gasteiger charge is 2.64. The fourth-order valence-corrected chi connectivity index (χ4v) is 0.503. The fraction of sp³-hybridized carbons (Fsp3) is 1.00. The van der Waals surface area contributed by atoms with Crippen LogP contribution in [0, 0.1) is 0 Å². The molecule has 0 aromatic carbocycles. The Bertz CT molecular complexity index is 119. The van der Waals surface area contributed by atoms with Gasteiger partial charge in [0.05, 0.1) is 0 Å². The molecule has 0 heterocycles. The molecule has 0 saturated heterocycles. The van der Waals surface area contributed by atoms with Gasteiger partial charge in [-0.1, -0.05) is 6.92 Å². The fourth-order valence-electron chi connectivity index (χ4n) is 0.503. The predicted molar refractivity (Wildman–Crippen MR) is 36.5 cm³/mol. The maximum absolute atomic E-state index is 11.6. The van der Waals surface area contributed by atoms with Crippen LogP contribution in [0.3, 0.4) is 0 Å². The highest BCUT2D eigenvalue weighted by molar-refractivity contribution is 4.95. The Balaban J connectivity index is 0.000000261. The van der Waals surface area contributed by atoms with Gasteiger partial charge in [0.25, 0.3) is 0 Å². The van der Waals surface area contributed by atoms with Gasteiger partial charge in [0.15, 0.2) is 0 Å². The lowest BCUT2D eigenvalue weighted by Gasteiger charge is -2.35. The molecular weight excluding hydrogens is 176 g/mol. The first-order valence-electron chi connectivity index (χ1n) is 3.74. The minimum absolute atomic E-state index is 0.319. The molecule has 1 aliphatic carbocycles. The molecule has 1 nitrogen and oxygen atoms in total. The number of halogens is 4. The Morgan fingerprint density at radius 3 is 1.33 bits per heavy atom. The Morgan fingerprint density at radius 2 is 1.33 bits per heavy atom. The lowest BCUT2D eigenvalue weighted by molar-refractivity contribution is -0.275. The summed E-state index contributed by atoms with van der Waals surface area (Å²) in [7, 11) is 0. The molecule has 0 aromatic heterocycles. The average molecular weight is 188 g/mol. The summed E-state index contributed by atoms with van der Waals surface area (Å²) >= 11 is 0. The minimum atomic E-state index is -3.72. The Hall–Kier alpha value is -0.320. The van der Waals surface area contributed by atoms with Crippen LogP contribution in [0.15, 0.2) is 0 Å². The van der Waals surface area contributed by atoms with Crippen LogP contribution >= 0.6 is 0 Å². The summed E-state index contributed by atoms with van der Waals surface area (Å²) in [5, 5.41) is 7.88. The van der Waals surface area contributed by atoms with Crippen molar-refractivity contribution in [2.24, 2.45) is 0 Å². The number of rotatable bonds is 1. The monoisotopic (exact) mass is 188 g/mol. The quantitative estimate of drug-likeness (QED) is 0.626. The van der Waals surface area contributed by atoms with Gasteiger partial charge in [-0.2, -0.15) is 17.6 Å². The van der Waals surface area contributed by atoms with E-state index in [1.54, 1.807) is 0 Å². The molecule has 0 unspecified atom stereocenters. The first-order valence-corrected chi connectivity index (χ1v) is 3.74. The zero-order chi connectivity index (χ0) is 9.83. The Morgan fingerprint density at radius 1 is 1.08 bits per heavy atom. The van der Waals surface area contributed by atoms with Gasteiger partial charge < -0.3 is 5.11 Å². The maximum Gasteiger partial charge on any atom is 0.310 e. The molecule has 1 saturated carbocycles. The van der Waals surface area contributed by atoms with Crippen LogP contribution in [0.1, 0.15) is 26.2 Å². The standard InChI is InChI=1S/C4H4F4.C3H8O/c5-3(6)1-2-4(3,7)8;1-2-3-4/h1-2H2;4H,2-3H2,1H3. The molecule has 0 radical (unpaired) electrons. The zero-order valence-corrected chi connectivity index (χ0v) is 6.79. The number of aliphatic hydroxyl groups is 1. The normalized spacial score (nSPS) is 23.5. The van der Waals surface area contributed by atoms with Crippen molar-refractivity contribution < 1.29 is 22.7 Å². The van der Waals surface area contributed by atoms with E-state index in [9.17, 15) is 17.6 Å². The van der Waals surface area contributed by atoms with Crippen LogP contribution in [0.25, 0.3) is 0 Å². The summed E-state index contributed by atoms with van der Waals surface area (Å²) < 4.78 is 46.3. The molecule has 0 atom stereocenters. The van der Waals surface area contributed by atoms with E-state index in [0.717, 1.165) is 6.42 Å². The first kappa shape index (κ1) is 11.7. The van der Waals surface area contributed by atoms with Gasteiger partial charge in [0.1, 0.15) is 0 Å². The predicted octanol–water partition coefficient (Wildman–Crippen LogP) is 2.44. The lowest BCUT2D eigenvalue weighted by Crippen LogP contribution is -2.50. The van der Waals surface area contributed by atoms with Crippen LogP contribution in [-0.2, 0) is 0 Å². The lowest BCUT2D eigenvalue weighted by atomic mass is 9.90. The summed E-state index contributed by atoms with van der Waals surface area (Å²) in [5.74, 6) is -7.43. The maximum atomic E-state index is 11.6. The van der Waals surface area contributed by atoms with Crippen molar-refractivity contribution in [1.29, 1.82) is 0 Å². The van der Waals surface area contributed by atoms with Crippen LogP contribution in [-0.4, -0.2) is 23.6 Å². The molecule has 1 N–H and O–H groups in total. The topological polar surface area (TPSA) is 20.2 Å².